The fraction of sp³-hybridized carbons (Fsp3) is 0.571. The number of hydrogen-bond acceptors (Lipinski definition) is 6. The Morgan fingerprint density at radius 3 is 2.57 bits per heavy atom. The highest BCUT2D eigenvalue weighted by atomic mass is 32.2. The van der Waals surface area contributed by atoms with Crippen LogP contribution in [0.4, 0.5) is 5.69 Å². The predicted molar refractivity (Wildman–Crippen MR) is 84.8 cm³/mol. The van der Waals surface area contributed by atoms with Crippen molar-refractivity contribution < 1.29 is 18.1 Å². The van der Waals surface area contributed by atoms with Crippen LogP contribution in [-0.4, -0.2) is 32.5 Å². The second-order valence-corrected chi connectivity index (χ2v) is 7.58. The van der Waals surface area contributed by atoms with Crippen LogP contribution < -0.4 is 15.2 Å². The predicted octanol–water partition coefficient (Wildman–Crippen LogP) is 1.54. The molecule has 1 saturated carbocycles. The number of nitrogens with zero attached hydrogens (tertiary/aromatic N) is 1. The quantitative estimate of drug-likeness (QED) is 0.596. The lowest BCUT2D eigenvalue weighted by atomic mass is 9.83. The smallest absolute Gasteiger partial charge is 0.273 e. The number of methoxy groups -OCH3 is 1. The van der Waals surface area contributed by atoms with Crippen molar-refractivity contribution in [2.24, 2.45) is 5.73 Å². The van der Waals surface area contributed by atoms with E-state index in [2.05, 4.69) is 4.72 Å². The molecule has 0 unspecified atom stereocenters. The minimum atomic E-state index is -3.86. The van der Waals surface area contributed by atoms with Crippen molar-refractivity contribution >= 4 is 15.7 Å². The zero-order chi connectivity index (χ0) is 17.1. The third kappa shape index (κ3) is 4.18. The number of sulfonamides is 1. The van der Waals surface area contributed by atoms with Crippen LogP contribution >= 0.6 is 0 Å². The molecule has 0 bridgehead atoms. The van der Waals surface area contributed by atoms with Gasteiger partial charge in [-0.2, -0.15) is 0 Å². The second kappa shape index (κ2) is 6.81. The largest absolute Gasteiger partial charge is 0.495 e. The Balaban J connectivity index is 2.20. The number of non-ortho nitro benzene ring substituents is 1. The summed E-state index contributed by atoms with van der Waals surface area (Å²) in [4.78, 5) is 10.0. The van der Waals surface area contributed by atoms with E-state index in [9.17, 15) is 18.5 Å². The molecule has 1 fully saturated rings. The number of nitrogens with one attached hydrogen (secondary N) is 1. The Morgan fingerprint density at radius 1 is 1.35 bits per heavy atom. The van der Waals surface area contributed by atoms with Crippen molar-refractivity contribution in [2.75, 3.05) is 13.7 Å². The summed E-state index contributed by atoms with van der Waals surface area (Å²) in [7, 11) is -2.59. The molecule has 0 radical (unpaired) electrons. The van der Waals surface area contributed by atoms with E-state index < -0.39 is 20.5 Å². The van der Waals surface area contributed by atoms with Gasteiger partial charge < -0.3 is 10.5 Å². The Kier molecular flexibility index (Phi) is 5.23. The normalized spacial score (nSPS) is 17.7. The molecule has 8 nitrogen and oxygen atoms in total. The van der Waals surface area contributed by atoms with Gasteiger partial charge in [-0.15, -0.1) is 0 Å². The molecular weight excluding hydrogens is 322 g/mol. The monoisotopic (exact) mass is 343 g/mol. The standard InChI is InChI=1S/C14H21N3O5S/c1-22-12-9-11(17(18)19)5-6-13(12)23(20,21)16-10-14(15)7-3-2-4-8-14/h5-6,9,16H,2-4,7-8,10,15H2,1H3. The lowest BCUT2D eigenvalue weighted by Crippen LogP contribution is -2.51. The van der Waals surface area contributed by atoms with Gasteiger partial charge in [0.1, 0.15) is 10.6 Å². The van der Waals surface area contributed by atoms with Gasteiger partial charge in [0, 0.05) is 18.2 Å². The van der Waals surface area contributed by atoms with Gasteiger partial charge in [-0.3, -0.25) is 10.1 Å². The summed E-state index contributed by atoms with van der Waals surface area (Å²) < 4.78 is 32.4. The van der Waals surface area contributed by atoms with Crippen molar-refractivity contribution in [2.45, 2.75) is 42.5 Å². The molecule has 0 atom stereocenters. The highest BCUT2D eigenvalue weighted by Crippen LogP contribution is 2.29. The van der Waals surface area contributed by atoms with Gasteiger partial charge in [0.25, 0.3) is 5.69 Å². The highest BCUT2D eigenvalue weighted by molar-refractivity contribution is 7.89. The molecule has 0 saturated heterocycles. The van der Waals surface area contributed by atoms with Crippen LogP contribution in [0.1, 0.15) is 32.1 Å². The van der Waals surface area contributed by atoms with Gasteiger partial charge in [-0.25, -0.2) is 13.1 Å². The van der Waals surface area contributed by atoms with Crippen molar-refractivity contribution in [3.63, 3.8) is 0 Å². The van der Waals surface area contributed by atoms with Crippen molar-refractivity contribution in [1.82, 2.24) is 4.72 Å². The van der Waals surface area contributed by atoms with Crippen molar-refractivity contribution in [3.8, 4) is 5.75 Å². The van der Waals surface area contributed by atoms with Gasteiger partial charge >= 0.3 is 0 Å². The van der Waals surface area contributed by atoms with Crippen LogP contribution in [0.25, 0.3) is 0 Å². The fourth-order valence-corrected chi connectivity index (χ4v) is 4.03. The summed E-state index contributed by atoms with van der Waals surface area (Å²) >= 11 is 0. The van der Waals surface area contributed by atoms with Gasteiger partial charge in [0.15, 0.2) is 0 Å². The van der Waals surface area contributed by atoms with Crippen molar-refractivity contribution in [1.29, 1.82) is 0 Å². The number of hydrogen-bond donors (Lipinski definition) is 2. The van der Waals surface area contributed by atoms with E-state index in [0.717, 1.165) is 44.2 Å². The molecular formula is C14H21N3O5S. The minimum absolute atomic E-state index is 0.0681. The summed E-state index contributed by atoms with van der Waals surface area (Å²) in [6, 6.07) is 3.40. The number of ether oxygens (including phenoxy) is 1. The molecule has 0 spiro atoms. The molecule has 1 aliphatic rings. The Hall–Kier alpha value is -1.71. The van der Waals surface area contributed by atoms with Gasteiger partial charge in [-0.1, -0.05) is 19.3 Å². The Morgan fingerprint density at radius 2 is 2.00 bits per heavy atom. The van der Waals surface area contributed by atoms with Crippen LogP contribution in [-0.2, 0) is 10.0 Å². The Bertz CT molecular complexity index is 684. The van der Waals surface area contributed by atoms with Gasteiger partial charge in [0.2, 0.25) is 10.0 Å². The molecule has 3 N–H and O–H groups in total. The third-order valence-corrected chi connectivity index (χ3v) is 5.55. The van der Waals surface area contributed by atoms with E-state index in [-0.39, 0.29) is 22.9 Å². The fourth-order valence-electron chi connectivity index (χ4n) is 2.74. The number of nitro benzene ring substituents is 1. The molecule has 0 aliphatic heterocycles. The number of benzene rings is 1. The van der Waals surface area contributed by atoms with Crippen LogP contribution in [0, 0.1) is 10.1 Å². The Labute approximate surface area is 135 Å². The molecule has 23 heavy (non-hydrogen) atoms. The number of rotatable bonds is 6. The molecule has 0 heterocycles. The molecule has 2 rings (SSSR count). The van der Waals surface area contributed by atoms with Crippen LogP contribution in [0.5, 0.6) is 5.75 Å². The lowest BCUT2D eigenvalue weighted by Gasteiger charge is -2.33. The van der Waals surface area contributed by atoms with E-state index in [1.165, 1.54) is 13.2 Å². The van der Waals surface area contributed by atoms with E-state index in [4.69, 9.17) is 10.5 Å². The zero-order valence-corrected chi connectivity index (χ0v) is 13.8. The molecule has 0 aromatic heterocycles. The molecule has 1 aromatic carbocycles. The van der Waals surface area contributed by atoms with E-state index in [1.54, 1.807) is 0 Å². The van der Waals surface area contributed by atoms with E-state index in [1.807, 2.05) is 0 Å². The maximum absolute atomic E-state index is 12.5. The molecule has 9 heteroatoms. The summed E-state index contributed by atoms with van der Waals surface area (Å²) in [5.41, 5.74) is 5.46. The first kappa shape index (κ1) is 17.6. The van der Waals surface area contributed by atoms with E-state index >= 15 is 0 Å². The molecule has 1 aliphatic carbocycles. The summed E-state index contributed by atoms with van der Waals surface area (Å²) in [6.45, 7) is 0.134. The summed E-state index contributed by atoms with van der Waals surface area (Å²) in [5, 5.41) is 10.8. The zero-order valence-electron chi connectivity index (χ0n) is 12.9. The first-order valence-corrected chi connectivity index (χ1v) is 8.87. The highest BCUT2D eigenvalue weighted by Gasteiger charge is 2.30. The first-order chi connectivity index (χ1) is 10.8. The number of nitro groups is 1. The van der Waals surface area contributed by atoms with Crippen LogP contribution in [0.2, 0.25) is 0 Å². The maximum atomic E-state index is 12.5. The van der Waals surface area contributed by atoms with Crippen LogP contribution in [0.15, 0.2) is 23.1 Å². The third-order valence-electron chi connectivity index (χ3n) is 4.11. The second-order valence-electron chi connectivity index (χ2n) is 5.84. The minimum Gasteiger partial charge on any atom is -0.495 e. The molecule has 0 amide bonds. The average Bonchev–Trinajstić information content (AvgIpc) is 2.53. The average molecular weight is 343 g/mol. The summed E-state index contributed by atoms with van der Waals surface area (Å²) in [5.74, 6) is -0.0681. The van der Waals surface area contributed by atoms with Gasteiger partial charge in [-0.05, 0) is 18.9 Å². The molecule has 1 aromatic rings. The van der Waals surface area contributed by atoms with Crippen LogP contribution in [0.3, 0.4) is 0 Å². The van der Waals surface area contributed by atoms with Crippen molar-refractivity contribution in [3.05, 3.63) is 28.3 Å². The SMILES string of the molecule is COc1cc([N+](=O)[O-])ccc1S(=O)(=O)NCC1(N)CCCCC1. The van der Waals surface area contributed by atoms with Gasteiger partial charge in [0.05, 0.1) is 18.1 Å². The first-order valence-electron chi connectivity index (χ1n) is 7.38. The number of nitrogens with two attached hydrogens (primary N) is 1. The topological polar surface area (TPSA) is 125 Å². The van der Waals surface area contributed by atoms with E-state index in [0.29, 0.717) is 0 Å². The maximum Gasteiger partial charge on any atom is 0.273 e. The summed E-state index contributed by atoms with van der Waals surface area (Å²) in [6.07, 6.45) is 4.62. The lowest BCUT2D eigenvalue weighted by molar-refractivity contribution is -0.385. The molecule has 128 valence electrons.